The van der Waals surface area contributed by atoms with Crippen LogP contribution in [0.15, 0.2) is 18.2 Å². The highest BCUT2D eigenvalue weighted by Crippen LogP contribution is 2.33. The highest BCUT2D eigenvalue weighted by molar-refractivity contribution is 6.24. The molecule has 1 aliphatic heterocycles. The van der Waals surface area contributed by atoms with E-state index in [0.29, 0.717) is 72.3 Å². The summed E-state index contributed by atoms with van der Waals surface area (Å²) in [5.74, 6) is -2.51. The van der Waals surface area contributed by atoms with Crippen LogP contribution in [0.5, 0.6) is 5.75 Å². The summed E-state index contributed by atoms with van der Waals surface area (Å²) in [5, 5.41) is 7.68. The van der Waals surface area contributed by atoms with Gasteiger partial charge >= 0.3 is 0 Å². The molecular formula is C30H44N4O12. The molecule has 1 unspecified atom stereocenters. The Morgan fingerprint density at radius 3 is 1.87 bits per heavy atom. The van der Waals surface area contributed by atoms with Crippen molar-refractivity contribution >= 4 is 35.8 Å². The first kappa shape index (κ1) is 38.2. The van der Waals surface area contributed by atoms with Gasteiger partial charge in [-0.1, -0.05) is 6.07 Å². The first-order chi connectivity index (χ1) is 22.3. The molecule has 16 nitrogen and oxygen atoms in total. The number of nitrogens with one attached hydrogen (secondary N) is 3. The molecule has 1 aromatic carbocycles. The molecule has 0 spiro atoms. The van der Waals surface area contributed by atoms with Crippen LogP contribution in [-0.4, -0.2) is 140 Å². The number of aldehydes is 1. The Morgan fingerprint density at radius 1 is 0.804 bits per heavy atom. The molecule has 0 aromatic heterocycles. The van der Waals surface area contributed by atoms with Gasteiger partial charge in [-0.3, -0.25) is 28.9 Å². The van der Waals surface area contributed by atoms with Crippen LogP contribution in [0.25, 0.3) is 0 Å². The third-order valence-electron chi connectivity index (χ3n) is 6.36. The number of likely N-dealkylation sites (N-methyl/N-ethyl adjacent to an activating group) is 1. The molecule has 0 saturated heterocycles. The summed E-state index contributed by atoms with van der Waals surface area (Å²) in [6, 6.07) is 3.25. The third-order valence-corrected chi connectivity index (χ3v) is 6.36. The summed E-state index contributed by atoms with van der Waals surface area (Å²) in [4.78, 5) is 73.2. The van der Waals surface area contributed by atoms with Crippen LogP contribution in [0.4, 0.5) is 0 Å². The van der Waals surface area contributed by atoms with Gasteiger partial charge in [0.15, 0.2) is 6.61 Å². The standard InChI is InChI=1S/C30H44N4O12/c1-22(36)32-8-11-41-13-15-43-17-19-45-20-18-44-16-14-42-12-9-33-26(37)21-46-25-7-3-5-23-27(25)30(40)34(29(23)39)24(6-4-10-35)28(38)31-2/h3,5,7,10,24H,4,6,8-9,11-21H2,1-2H3,(H,31,38)(H,32,36)(H,33,37). The second kappa shape index (κ2) is 22.5. The summed E-state index contributed by atoms with van der Waals surface area (Å²) in [5.41, 5.74) is 0.00819. The van der Waals surface area contributed by atoms with Crippen molar-refractivity contribution < 1.29 is 57.2 Å². The number of imide groups is 1. The van der Waals surface area contributed by atoms with Crippen molar-refractivity contribution in [2.24, 2.45) is 0 Å². The lowest BCUT2D eigenvalue weighted by Gasteiger charge is -2.24. The first-order valence-corrected chi connectivity index (χ1v) is 15.0. The molecule has 0 fully saturated rings. The predicted molar refractivity (Wildman–Crippen MR) is 161 cm³/mol. The van der Waals surface area contributed by atoms with Crippen LogP contribution in [0.3, 0.4) is 0 Å². The minimum Gasteiger partial charge on any atom is -0.483 e. The van der Waals surface area contributed by atoms with Crippen molar-refractivity contribution in [3.8, 4) is 5.75 Å². The molecule has 46 heavy (non-hydrogen) atoms. The van der Waals surface area contributed by atoms with E-state index in [2.05, 4.69) is 16.0 Å². The van der Waals surface area contributed by atoms with Crippen LogP contribution in [-0.2, 0) is 42.9 Å². The van der Waals surface area contributed by atoms with Gasteiger partial charge in [-0.2, -0.15) is 0 Å². The van der Waals surface area contributed by atoms with E-state index >= 15 is 0 Å². The van der Waals surface area contributed by atoms with Crippen molar-refractivity contribution in [2.45, 2.75) is 25.8 Å². The number of rotatable bonds is 26. The van der Waals surface area contributed by atoms with Gasteiger partial charge in [-0.25, -0.2) is 0 Å². The normalized spacial score (nSPS) is 12.9. The van der Waals surface area contributed by atoms with Crippen molar-refractivity contribution in [3.05, 3.63) is 29.3 Å². The van der Waals surface area contributed by atoms with Gasteiger partial charge < -0.3 is 49.2 Å². The predicted octanol–water partition coefficient (Wildman–Crippen LogP) is -0.910. The fourth-order valence-electron chi connectivity index (χ4n) is 4.18. The maximum absolute atomic E-state index is 13.2. The summed E-state index contributed by atoms with van der Waals surface area (Å²) < 4.78 is 32.5. The number of fused-ring (bicyclic) bond motifs is 1. The number of benzene rings is 1. The van der Waals surface area contributed by atoms with Gasteiger partial charge in [-0.15, -0.1) is 0 Å². The molecule has 2 rings (SSSR count). The number of hydrogen-bond acceptors (Lipinski definition) is 12. The Labute approximate surface area is 267 Å². The molecule has 0 saturated carbocycles. The van der Waals surface area contributed by atoms with E-state index in [9.17, 15) is 28.8 Å². The van der Waals surface area contributed by atoms with Gasteiger partial charge in [0.1, 0.15) is 18.1 Å². The van der Waals surface area contributed by atoms with E-state index in [1.165, 1.54) is 32.2 Å². The third kappa shape index (κ3) is 13.6. The lowest BCUT2D eigenvalue weighted by atomic mass is 10.1. The van der Waals surface area contributed by atoms with E-state index in [4.69, 9.17) is 28.4 Å². The summed E-state index contributed by atoms with van der Waals surface area (Å²) in [6.07, 6.45) is 0.576. The van der Waals surface area contributed by atoms with E-state index in [1.807, 2.05) is 0 Å². The monoisotopic (exact) mass is 652 g/mol. The quantitative estimate of drug-likeness (QED) is 0.0634. The maximum atomic E-state index is 13.2. The lowest BCUT2D eigenvalue weighted by Crippen LogP contribution is -2.48. The smallest absolute Gasteiger partial charge is 0.266 e. The Bertz CT molecular complexity index is 1150. The van der Waals surface area contributed by atoms with E-state index < -0.39 is 36.3 Å². The zero-order chi connectivity index (χ0) is 33.6. The minimum absolute atomic E-state index is 0.0136. The maximum Gasteiger partial charge on any atom is 0.266 e. The minimum atomic E-state index is -1.16. The van der Waals surface area contributed by atoms with Gasteiger partial charge in [0, 0.05) is 33.5 Å². The Morgan fingerprint density at radius 2 is 1.35 bits per heavy atom. The molecule has 256 valence electrons. The molecule has 5 amide bonds. The zero-order valence-corrected chi connectivity index (χ0v) is 26.3. The van der Waals surface area contributed by atoms with Crippen molar-refractivity contribution in [1.29, 1.82) is 0 Å². The van der Waals surface area contributed by atoms with E-state index in [-0.39, 0.29) is 48.8 Å². The fourth-order valence-corrected chi connectivity index (χ4v) is 4.18. The molecule has 1 heterocycles. The zero-order valence-electron chi connectivity index (χ0n) is 26.3. The molecule has 0 aliphatic carbocycles. The van der Waals surface area contributed by atoms with Crippen LogP contribution in [0, 0.1) is 0 Å². The second-order valence-electron chi connectivity index (χ2n) is 9.72. The molecule has 3 N–H and O–H groups in total. The Kier molecular flexibility index (Phi) is 18.7. The van der Waals surface area contributed by atoms with Crippen molar-refractivity contribution in [1.82, 2.24) is 20.9 Å². The molecule has 1 aliphatic rings. The summed E-state index contributed by atoms with van der Waals surface area (Å²) in [6.45, 7) is 5.61. The second-order valence-corrected chi connectivity index (χ2v) is 9.72. The van der Waals surface area contributed by atoms with Crippen molar-refractivity contribution in [3.63, 3.8) is 0 Å². The average molecular weight is 653 g/mol. The number of hydrogen-bond donors (Lipinski definition) is 3. The largest absolute Gasteiger partial charge is 0.483 e. The van der Waals surface area contributed by atoms with Gasteiger partial charge in [-0.05, 0) is 18.6 Å². The highest BCUT2D eigenvalue weighted by Gasteiger charge is 2.44. The Balaban J connectivity index is 1.54. The van der Waals surface area contributed by atoms with Gasteiger partial charge in [0.05, 0.1) is 77.2 Å². The van der Waals surface area contributed by atoms with Crippen LogP contribution in [0.2, 0.25) is 0 Å². The molecule has 0 radical (unpaired) electrons. The Hall–Kier alpha value is -3.96. The van der Waals surface area contributed by atoms with E-state index in [0.717, 1.165) is 4.90 Å². The fraction of sp³-hybridized carbons (Fsp3) is 0.600. The highest BCUT2D eigenvalue weighted by atomic mass is 16.6. The SMILES string of the molecule is CNC(=O)C(CCC=O)N1C(=O)c2cccc(OCC(=O)NCCOCCOCCOCCOCCOCCNC(C)=O)c2C1=O. The van der Waals surface area contributed by atoms with Crippen molar-refractivity contribution in [2.75, 3.05) is 92.8 Å². The lowest BCUT2D eigenvalue weighted by molar-refractivity contribution is -0.125. The topological polar surface area (TPSA) is 197 Å². The number of ether oxygens (including phenoxy) is 6. The molecular weight excluding hydrogens is 608 g/mol. The molecule has 16 heteroatoms. The van der Waals surface area contributed by atoms with Crippen LogP contribution >= 0.6 is 0 Å². The number of carbonyl (C=O) groups is 6. The van der Waals surface area contributed by atoms with Gasteiger partial charge in [0.25, 0.3) is 17.7 Å². The number of nitrogens with zero attached hydrogens (tertiary/aromatic N) is 1. The average Bonchev–Trinajstić information content (AvgIpc) is 3.30. The molecule has 0 bridgehead atoms. The van der Waals surface area contributed by atoms with Gasteiger partial charge in [0.2, 0.25) is 11.8 Å². The summed E-state index contributed by atoms with van der Waals surface area (Å²) in [7, 11) is 1.37. The molecule has 1 atom stereocenters. The first-order valence-electron chi connectivity index (χ1n) is 15.0. The van der Waals surface area contributed by atoms with Crippen LogP contribution in [0.1, 0.15) is 40.5 Å². The van der Waals surface area contributed by atoms with E-state index in [1.54, 1.807) is 0 Å². The summed E-state index contributed by atoms with van der Waals surface area (Å²) >= 11 is 0. The molecule has 1 aromatic rings. The number of amides is 5. The number of carbonyl (C=O) groups excluding carboxylic acids is 6. The van der Waals surface area contributed by atoms with Crippen LogP contribution < -0.4 is 20.7 Å².